The molecular weight excluding hydrogens is 202 g/mol. The van der Waals surface area contributed by atoms with Gasteiger partial charge in [0.2, 0.25) is 0 Å². The average Bonchev–Trinajstić information content (AvgIpc) is 2.18. The van der Waals surface area contributed by atoms with E-state index in [1.54, 1.807) is 0 Å². The minimum absolute atomic E-state index is 0.0446. The number of nitrogens with zero attached hydrogens (tertiary/aromatic N) is 1. The third-order valence-electron chi connectivity index (χ3n) is 0.973. The molecule has 0 bridgehead atoms. The predicted octanol–water partition coefficient (Wildman–Crippen LogP) is -0.405. The highest BCUT2D eigenvalue weighted by molar-refractivity contribution is 8.23. The molecule has 0 spiro atoms. The Morgan fingerprint density at radius 3 is 2.82 bits per heavy atom. The van der Waals surface area contributed by atoms with E-state index in [9.17, 15) is 4.79 Å². The number of thiocarbonyl (C=S) groups is 2. The van der Waals surface area contributed by atoms with Gasteiger partial charge in [-0.05, 0) is 12.2 Å². The maximum Gasteiger partial charge on any atom is 0.257 e. The topological polar surface area (TPSA) is 58.4 Å². The van der Waals surface area contributed by atoms with Crippen molar-refractivity contribution in [1.29, 1.82) is 0 Å². The number of carbonyl (C=O) groups is 1. The van der Waals surface area contributed by atoms with Gasteiger partial charge in [0.15, 0.2) is 9.43 Å². The summed E-state index contributed by atoms with van der Waals surface area (Å²) >= 11 is 10.7. The summed E-state index contributed by atoms with van der Waals surface area (Å²) in [5, 5.41) is 1.23. The molecule has 0 atom stereocenters. The largest absolute Gasteiger partial charge is 0.375 e. The zero-order valence-electron chi connectivity index (χ0n) is 5.36. The van der Waals surface area contributed by atoms with Gasteiger partial charge in [-0.15, -0.1) is 0 Å². The SMILES string of the molecule is NC(=S)NN1C(=O)CSC1=S. The van der Waals surface area contributed by atoms with Crippen molar-refractivity contribution in [1.82, 2.24) is 10.4 Å². The molecule has 0 saturated carbocycles. The van der Waals surface area contributed by atoms with Gasteiger partial charge in [0.25, 0.3) is 5.91 Å². The summed E-state index contributed by atoms with van der Waals surface area (Å²) < 4.78 is 0.461. The molecule has 0 radical (unpaired) electrons. The second-order valence-corrected chi connectivity index (χ2v) is 3.81. The van der Waals surface area contributed by atoms with Crippen molar-refractivity contribution >= 4 is 51.5 Å². The van der Waals surface area contributed by atoms with E-state index in [1.807, 2.05) is 0 Å². The van der Waals surface area contributed by atoms with E-state index in [0.29, 0.717) is 10.1 Å². The Morgan fingerprint density at radius 1 is 1.82 bits per heavy atom. The zero-order chi connectivity index (χ0) is 8.43. The van der Waals surface area contributed by atoms with Crippen LogP contribution in [-0.2, 0) is 4.79 Å². The Kier molecular flexibility index (Phi) is 2.63. The van der Waals surface area contributed by atoms with Crippen LogP contribution in [0.15, 0.2) is 0 Å². The molecule has 60 valence electrons. The molecule has 1 fully saturated rings. The summed E-state index contributed by atoms with van der Waals surface area (Å²) in [4.78, 5) is 11.0. The van der Waals surface area contributed by atoms with Crippen molar-refractivity contribution in [2.24, 2.45) is 5.73 Å². The Bertz CT molecular complexity index is 213. The Hall–Kier alpha value is -0.400. The van der Waals surface area contributed by atoms with Crippen LogP contribution in [-0.4, -0.2) is 26.1 Å². The quantitative estimate of drug-likeness (QED) is 0.570. The standard InChI is InChI=1S/C4H5N3OS3/c5-3(9)6-7-2(8)1-11-4(7)10/h1H2,(H3,5,6,9). The minimum Gasteiger partial charge on any atom is -0.375 e. The minimum atomic E-state index is -0.118. The highest BCUT2D eigenvalue weighted by Gasteiger charge is 2.26. The molecule has 4 nitrogen and oxygen atoms in total. The number of nitrogens with two attached hydrogens (primary N) is 1. The van der Waals surface area contributed by atoms with Crippen molar-refractivity contribution < 1.29 is 4.79 Å². The summed E-state index contributed by atoms with van der Waals surface area (Å²) in [6, 6.07) is 0. The fourth-order valence-corrected chi connectivity index (χ4v) is 1.64. The van der Waals surface area contributed by atoms with Gasteiger partial charge in [-0.1, -0.05) is 24.0 Å². The molecule has 1 saturated heterocycles. The number of amides is 1. The first-order valence-corrected chi connectivity index (χ1v) is 4.47. The summed E-state index contributed by atoms with van der Waals surface area (Å²) in [7, 11) is 0. The summed E-state index contributed by atoms with van der Waals surface area (Å²) in [5.74, 6) is 0.238. The van der Waals surface area contributed by atoms with Crippen molar-refractivity contribution in [3.05, 3.63) is 0 Å². The molecule has 1 rings (SSSR count). The van der Waals surface area contributed by atoms with Gasteiger partial charge in [-0.3, -0.25) is 10.2 Å². The highest BCUT2D eigenvalue weighted by Crippen LogP contribution is 2.16. The predicted molar refractivity (Wildman–Crippen MR) is 51.8 cm³/mol. The van der Waals surface area contributed by atoms with Crippen LogP contribution in [0, 0.1) is 0 Å². The fraction of sp³-hybridized carbons (Fsp3) is 0.250. The number of hydrogen-bond donors (Lipinski definition) is 2. The van der Waals surface area contributed by atoms with Crippen LogP contribution >= 0.6 is 36.2 Å². The van der Waals surface area contributed by atoms with Crippen LogP contribution in [0.4, 0.5) is 0 Å². The molecule has 0 aromatic rings. The smallest absolute Gasteiger partial charge is 0.257 e. The molecule has 0 aliphatic carbocycles. The van der Waals surface area contributed by atoms with E-state index in [-0.39, 0.29) is 11.0 Å². The number of nitrogens with one attached hydrogen (secondary N) is 1. The lowest BCUT2D eigenvalue weighted by Crippen LogP contribution is -2.47. The number of hydrazine groups is 1. The second kappa shape index (κ2) is 3.33. The van der Waals surface area contributed by atoms with E-state index in [2.05, 4.69) is 17.6 Å². The number of hydrogen-bond acceptors (Lipinski definition) is 4. The van der Waals surface area contributed by atoms with E-state index in [4.69, 9.17) is 18.0 Å². The zero-order valence-corrected chi connectivity index (χ0v) is 7.81. The van der Waals surface area contributed by atoms with Crippen molar-refractivity contribution in [3.8, 4) is 0 Å². The Morgan fingerprint density at radius 2 is 2.45 bits per heavy atom. The molecule has 1 aliphatic rings. The highest BCUT2D eigenvalue weighted by atomic mass is 32.2. The van der Waals surface area contributed by atoms with E-state index >= 15 is 0 Å². The molecule has 11 heavy (non-hydrogen) atoms. The van der Waals surface area contributed by atoms with Gasteiger partial charge in [0, 0.05) is 0 Å². The lowest BCUT2D eigenvalue weighted by atomic mass is 10.7. The first-order chi connectivity index (χ1) is 5.11. The van der Waals surface area contributed by atoms with Crippen molar-refractivity contribution in [2.45, 2.75) is 0 Å². The van der Waals surface area contributed by atoms with Gasteiger partial charge >= 0.3 is 0 Å². The molecule has 1 heterocycles. The van der Waals surface area contributed by atoms with Crippen LogP contribution in [0.3, 0.4) is 0 Å². The number of rotatable bonds is 1. The summed E-state index contributed by atoms with van der Waals surface area (Å²) in [5.41, 5.74) is 7.63. The van der Waals surface area contributed by atoms with Gasteiger partial charge in [-0.25, -0.2) is 5.01 Å². The summed E-state index contributed by atoms with van der Waals surface area (Å²) in [6.07, 6.45) is 0. The Labute approximate surface area is 78.5 Å². The number of carbonyl (C=O) groups excluding carboxylic acids is 1. The fourth-order valence-electron chi connectivity index (χ4n) is 0.573. The van der Waals surface area contributed by atoms with Crippen LogP contribution in [0.25, 0.3) is 0 Å². The van der Waals surface area contributed by atoms with Crippen molar-refractivity contribution in [3.63, 3.8) is 0 Å². The van der Waals surface area contributed by atoms with Gasteiger partial charge in [-0.2, -0.15) is 0 Å². The molecule has 7 heteroatoms. The first kappa shape index (κ1) is 8.69. The maximum absolute atomic E-state index is 11.0. The van der Waals surface area contributed by atoms with Crippen LogP contribution in [0.2, 0.25) is 0 Å². The van der Waals surface area contributed by atoms with Gasteiger partial charge in [0.05, 0.1) is 5.75 Å². The summed E-state index contributed by atoms with van der Waals surface area (Å²) in [6.45, 7) is 0. The molecule has 1 aliphatic heterocycles. The van der Waals surface area contributed by atoms with E-state index < -0.39 is 0 Å². The molecule has 0 aromatic carbocycles. The van der Waals surface area contributed by atoms with Crippen molar-refractivity contribution in [2.75, 3.05) is 5.75 Å². The second-order valence-electron chi connectivity index (χ2n) is 1.76. The third-order valence-corrected chi connectivity index (χ3v) is 2.42. The van der Waals surface area contributed by atoms with E-state index in [1.165, 1.54) is 16.8 Å². The molecule has 0 aromatic heterocycles. The lowest BCUT2D eigenvalue weighted by Gasteiger charge is -2.14. The third kappa shape index (κ3) is 2.01. The van der Waals surface area contributed by atoms with Crippen LogP contribution in [0.1, 0.15) is 0 Å². The van der Waals surface area contributed by atoms with Gasteiger partial charge < -0.3 is 5.73 Å². The first-order valence-electron chi connectivity index (χ1n) is 2.67. The molecule has 0 unspecified atom stereocenters. The maximum atomic E-state index is 11.0. The molecule has 3 N–H and O–H groups in total. The van der Waals surface area contributed by atoms with E-state index in [0.717, 1.165) is 0 Å². The number of thioether (sulfide) groups is 1. The Balaban J connectivity index is 2.62. The monoisotopic (exact) mass is 207 g/mol. The lowest BCUT2D eigenvalue weighted by molar-refractivity contribution is -0.125. The van der Waals surface area contributed by atoms with Gasteiger partial charge in [0.1, 0.15) is 0 Å². The average molecular weight is 207 g/mol. The van der Waals surface area contributed by atoms with Crippen LogP contribution < -0.4 is 11.2 Å². The normalized spacial score (nSPS) is 17.3. The molecule has 1 amide bonds. The van der Waals surface area contributed by atoms with Crippen LogP contribution in [0.5, 0.6) is 0 Å². The molecular formula is C4H5N3OS3.